The van der Waals surface area contributed by atoms with Crippen molar-refractivity contribution in [3.63, 3.8) is 0 Å². The lowest BCUT2D eigenvalue weighted by Gasteiger charge is -2.10. The first-order valence-corrected chi connectivity index (χ1v) is 5.66. The molecular weight excluding hydrogens is 201 g/mol. The third-order valence-corrected chi connectivity index (χ3v) is 3.58. The molecule has 2 unspecified atom stereocenters. The predicted molar refractivity (Wildman–Crippen MR) is 53.9 cm³/mol. The van der Waals surface area contributed by atoms with E-state index in [1.165, 1.54) is 12.3 Å². The zero-order valence-electron chi connectivity index (χ0n) is 7.94. The Balaban J connectivity index is 2.91. The van der Waals surface area contributed by atoms with Crippen molar-refractivity contribution in [2.45, 2.75) is 12.2 Å². The van der Waals surface area contributed by atoms with E-state index in [2.05, 4.69) is 9.35 Å². The van der Waals surface area contributed by atoms with Crippen molar-refractivity contribution in [2.24, 2.45) is 4.36 Å². The van der Waals surface area contributed by atoms with E-state index in [1.54, 1.807) is 12.3 Å². The third-order valence-electron chi connectivity index (χ3n) is 1.92. The molecule has 5 heteroatoms. The number of rotatable bonds is 2. The predicted octanol–water partition coefficient (Wildman–Crippen LogP) is 2.19. The van der Waals surface area contributed by atoms with Gasteiger partial charge in [0.25, 0.3) is 0 Å². The van der Waals surface area contributed by atoms with Crippen LogP contribution in [0.5, 0.6) is 0 Å². The molecule has 1 aromatic heterocycles. The summed E-state index contributed by atoms with van der Waals surface area (Å²) in [6, 6.07) is 2.98. The van der Waals surface area contributed by atoms with E-state index < -0.39 is 5.95 Å². The first-order chi connectivity index (χ1) is 6.65. The Bertz CT molecular complexity index is 380. The van der Waals surface area contributed by atoms with Gasteiger partial charge in [-0.3, -0.25) is 0 Å². The normalized spacial score (nSPS) is 14.7. The summed E-state index contributed by atoms with van der Waals surface area (Å²) in [5.41, 5.74) is 0.899. The summed E-state index contributed by atoms with van der Waals surface area (Å²) in [4.78, 5) is 3.56. The van der Waals surface area contributed by atoms with Gasteiger partial charge in [0.05, 0.1) is 0 Å². The van der Waals surface area contributed by atoms with Crippen LogP contribution in [0.25, 0.3) is 0 Å². The Kier molecular flexibility index (Phi) is 3.72. The van der Waals surface area contributed by atoms with E-state index in [4.69, 9.17) is 5.26 Å². The molecule has 1 rings (SSSR count). The smallest absolute Gasteiger partial charge is 0.212 e. The summed E-state index contributed by atoms with van der Waals surface area (Å²) in [6.45, 7) is 1.94. The Morgan fingerprint density at radius 1 is 1.64 bits per heavy atom. The minimum absolute atomic E-state index is 0.0998. The number of pyridine rings is 1. The number of hydrogen-bond donors (Lipinski definition) is 0. The van der Waals surface area contributed by atoms with Crippen LogP contribution in [-0.4, -0.2) is 11.2 Å². The lowest BCUT2D eigenvalue weighted by molar-refractivity contribution is 0.582. The van der Waals surface area contributed by atoms with Gasteiger partial charge in [0, 0.05) is 11.4 Å². The van der Waals surface area contributed by atoms with Crippen LogP contribution in [0.1, 0.15) is 17.7 Å². The minimum Gasteiger partial charge on any atom is -0.228 e. The molecular formula is C9H10FN3S. The molecule has 0 aromatic carbocycles. The lowest BCUT2D eigenvalue weighted by atomic mass is 10.2. The molecule has 0 aliphatic heterocycles. The second kappa shape index (κ2) is 4.82. The fourth-order valence-electron chi connectivity index (χ4n) is 0.968. The van der Waals surface area contributed by atoms with E-state index in [0.717, 1.165) is 5.56 Å². The largest absolute Gasteiger partial charge is 0.228 e. The van der Waals surface area contributed by atoms with Crippen LogP contribution in [0.15, 0.2) is 22.7 Å². The van der Waals surface area contributed by atoms with Crippen molar-refractivity contribution in [2.75, 3.05) is 6.26 Å². The van der Waals surface area contributed by atoms with Crippen molar-refractivity contribution in [1.29, 1.82) is 5.26 Å². The molecule has 74 valence electrons. The van der Waals surface area contributed by atoms with Gasteiger partial charge in [-0.05, 0) is 24.8 Å². The van der Waals surface area contributed by atoms with Crippen LogP contribution < -0.4 is 0 Å². The fraction of sp³-hybridized carbons (Fsp3) is 0.333. The van der Waals surface area contributed by atoms with Gasteiger partial charge in [0.2, 0.25) is 12.1 Å². The summed E-state index contributed by atoms with van der Waals surface area (Å²) < 4.78 is 16.2. The summed E-state index contributed by atoms with van der Waals surface area (Å²) >= 11 is 0. The molecule has 0 fully saturated rings. The van der Waals surface area contributed by atoms with Gasteiger partial charge >= 0.3 is 0 Å². The van der Waals surface area contributed by atoms with Crippen molar-refractivity contribution >= 4 is 10.7 Å². The Hall–Kier alpha value is -1.28. The highest BCUT2D eigenvalue weighted by Gasteiger charge is 2.08. The van der Waals surface area contributed by atoms with Crippen molar-refractivity contribution < 1.29 is 4.39 Å². The minimum atomic E-state index is -0.492. The first kappa shape index (κ1) is 10.8. The van der Waals surface area contributed by atoms with Gasteiger partial charge in [-0.1, -0.05) is 16.8 Å². The van der Waals surface area contributed by atoms with E-state index in [-0.39, 0.29) is 15.9 Å². The highest BCUT2D eigenvalue weighted by molar-refractivity contribution is 7.86. The number of aromatic nitrogens is 1. The molecule has 1 heterocycles. The van der Waals surface area contributed by atoms with Gasteiger partial charge in [0.15, 0.2) is 0 Å². The topological polar surface area (TPSA) is 49.0 Å². The van der Waals surface area contributed by atoms with Crippen molar-refractivity contribution in [1.82, 2.24) is 4.98 Å². The summed E-state index contributed by atoms with van der Waals surface area (Å²) in [5.74, 6) is -0.492. The van der Waals surface area contributed by atoms with E-state index in [0.29, 0.717) is 0 Å². The number of nitrogens with zero attached hydrogens (tertiary/aromatic N) is 3. The molecule has 1 aromatic rings. The average molecular weight is 211 g/mol. The molecule has 3 nitrogen and oxygen atoms in total. The van der Waals surface area contributed by atoms with E-state index in [1.807, 2.05) is 13.2 Å². The summed E-state index contributed by atoms with van der Waals surface area (Å²) in [7, 11) is -0.371. The summed E-state index contributed by atoms with van der Waals surface area (Å²) in [6.07, 6.45) is 5.13. The number of halogens is 1. The molecule has 0 saturated carbocycles. The van der Waals surface area contributed by atoms with E-state index >= 15 is 0 Å². The molecule has 0 aliphatic rings. The summed E-state index contributed by atoms with van der Waals surface area (Å²) in [5, 5.41) is 8.49. The number of nitriles is 1. The molecule has 2 atom stereocenters. The van der Waals surface area contributed by atoms with Crippen LogP contribution in [0.2, 0.25) is 0 Å². The van der Waals surface area contributed by atoms with Gasteiger partial charge in [0.1, 0.15) is 0 Å². The lowest BCUT2D eigenvalue weighted by Crippen LogP contribution is -2.00. The van der Waals surface area contributed by atoms with Crippen LogP contribution in [-0.2, 0) is 10.7 Å². The molecule has 0 amide bonds. The zero-order valence-corrected chi connectivity index (χ0v) is 8.75. The number of hydrogen-bond acceptors (Lipinski definition) is 3. The second-order valence-electron chi connectivity index (χ2n) is 2.77. The second-order valence-corrected chi connectivity index (χ2v) is 4.71. The molecule has 0 bridgehead atoms. The van der Waals surface area contributed by atoms with Gasteiger partial charge in [-0.2, -0.15) is 14.0 Å². The maximum atomic E-state index is 12.5. The van der Waals surface area contributed by atoms with E-state index in [9.17, 15) is 4.39 Å². The SMILES string of the molecule is CC(c1ccc(F)nc1)/S(C)=N/C#N. The molecule has 14 heavy (non-hydrogen) atoms. The highest BCUT2D eigenvalue weighted by atomic mass is 32.2. The van der Waals surface area contributed by atoms with Gasteiger partial charge < -0.3 is 0 Å². The highest BCUT2D eigenvalue weighted by Crippen LogP contribution is 2.18. The molecule has 0 aliphatic carbocycles. The molecule has 0 N–H and O–H groups in total. The standard InChI is InChI=1S/C9H10FN3S/c1-7(14(2)13-6-11)8-3-4-9(10)12-5-8/h3-5,7H,1-2H3. The Labute approximate surface area is 84.7 Å². The molecule has 0 radical (unpaired) electrons. The maximum Gasteiger partial charge on any atom is 0.212 e. The molecule has 0 saturated heterocycles. The van der Waals surface area contributed by atoms with Crippen LogP contribution in [0.4, 0.5) is 4.39 Å². The van der Waals surface area contributed by atoms with Crippen LogP contribution in [0, 0.1) is 17.4 Å². The van der Waals surface area contributed by atoms with Crippen LogP contribution in [0.3, 0.4) is 0 Å². The molecule has 0 spiro atoms. The van der Waals surface area contributed by atoms with Crippen molar-refractivity contribution in [3.05, 3.63) is 29.8 Å². The first-order valence-electron chi connectivity index (χ1n) is 4.01. The maximum absolute atomic E-state index is 12.5. The average Bonchev–Trinajstić information content (AvgIpc) is 2.18. The zero-order chi connectivity index (χ0) is 10.6. The van der Waals surface area contributed by atoms with Crippen molar-refractivity contribution in [3.8, 4) is 6.19 Å². The third kappa shape index (κ3) is 2.60. The Morgan fingerprint density at radius 2 is 2.36 bits per heavy atom. The van der Waals surface area contributed by atoms with Gasteiger partial charge in [-0.25, -0.2) is 4.98 Å². The monoisotopic (exact) mass is 211 g/mol. The fourth-order valence-corrected chi connectivity index (χ4v) is 1.79. The van der Waals surface area contributed by atoms with Crippen LogP contribution >= 0.6 is 0 Å². The van der Waals surface area contributed by atoms with Gasteiger partial charge in [-0.15, -0.1) is 0 Å². The Morgan fingerprint density at radius 3 is 2.86 bits per heavy atom. The quantitative estimate of drug-likeness (QED) is 0.556.